The second-order valence-electron chi connectivity index (χ2n) is 5.26. The van der Waals surface area contributed by atoms with Crippen molar-refractivity contribution in [1.82, 2.24) is 10.3 Å². The van der Waals surface area contributed by atoms with Gasteiger partial charge in [0, 0.05) is 23.9 Å². The smallest absolute Gasteiger partial charge is 0.254 e. The Bertz CT molecular complexity index is 894. The minimum absolute atomic E-state index is 0.237. The van der Waals surface area contributed by atoms with Crippen molar-refractivity contribution in [3.05, 3.63) is 76.6 Å². The van der Waals surface area contributed by atoms with Gasteiger partial charge in [-0.2, -0.15) is 0 Å². The second kappa shape index (κ2) is 7.48. The maximum absolute atomic E-state index is 13.5. The number of thiazole rings is 1. The van der Waals surface area contributed by atoms with E-state index in [0.29, 0.717) is 6.42 Å². The Balaban J connectivity index is 1.58. The van der Waals surface area contributed by atoms with Gasteiger partial charge in [0.25, 0.3) is 5.91 Å². The van der Waals surface area contributed by atoms with E-state index < -0.39 is 17.5 Å². The SMILES string of the molecule is O=C(NCCc1csc(-c2ccc(F)cc2)n1)c1cccc(F)c1F. The Morgan fingerprint density at radius 1 is 1.08 bits per heavy atom. The van der Waals surface area contributed by atoms with Crippen molar-refractivity contribution in [2.24, 2.45) is 0 Å². The van der Waals surface area contributed by atoms with Crippen LogP contribution in [0.2, 0.25) is 0 Å². The standard InChI is InChI=1S/C18H13F3N2OS/c19-12-6-4-11(5-7-12)18-23-13(10-25-18)8-9-22-17(24)14-2-1-3-15(20)16(14)21/h1-7,10H,8-9H2,(H,22,24). The first-order valence-electron chi connectivity index (χ1n) is 7.47. The molecule has 1 aromatic heterocycles. The first-order chi connectivity index (χ1) is 12.0. The van der Waals surface area contributed by atoms with Crippen LogP contribution >= 0.6 is 11.3 Å². The number of aromatic nitrogens is 1. The molecule has 0 atom stereocenters. The van der Waals surface area contributed by atoms with E-state index >= 15 is 0 Å². The van der Waals surface area contributed by atoms with Crippen LogP contribution < -0.4 is 5.32 Å². The van der Waals surface area contributed by atoms with Gasteiger partial charge < -0.3 is 5.32 Å². The van der Waals surface area contributed by atoms with E-state index in [1.165, 1.54) is 35.6 Å². The molecule has 3 nitrogen and oxygen atoms in total. The monoisotopic (exact) mass is 362 g/mol. The fourth-order valence-corrected chi connectivity index (χ4v) is 3.09. The number of hydrogen-bond acceptors (Lipinski definition) is 3. The number of carbonyl (C=O) groups is 1. The highest BCUT2D eigenvalue weighted by molar-refractivity contribution is 7.13. The molecule has 25 heavy (non-hydrogen) atoms. The lowest BCUT2D eigenvalue weighted by Crippen LogP contribution is -2.26. The molecule has 1 amide bonds. The van der Waals surface area contributed by atoms with Gasteiger partial charge in [-0.3, -0.25) is 4.79 Å². The lowest BCUT2D eigenvalue weighted by atomic mass is 10.2. The predicted molar refractivity (Wildman–Crippen MR) is 89.9 cm³/mol. The number of hydrogen-bond donors (Lipinski definition) is 1. The number of amides is 1. The average molecular weight is 362 g/mol. The van der Waals surface area contributed by atoms with Crippen molar-refractivity contribution < 1.29 is 18.0 Å². The fourth-order valence-electron chi connectivity index (χ4n) is 2.23. The van der Waals surface area contributed by atoms with Crippen molar-refractivity contribution >= 4 is 17.2 Å². The van der Waals surface area contributed by atoms with Gasteiger partial charge in [-0.15, -0.1) is 11.3 Å². The molecule has 2 aromatic carbocycles. The highest BCUT2D eigenvalue weighted by Crippen LogP contribution is 2.24. The van der Waals surface area contributed by atoms with E-state index in [1.807, 2.05) is 5.38 Å². The molecule has 0 radical (unpaired) electrons. The van der Waals surface area contributed by atoms with E-state index in [4.69, 9.17) is 0 Å². The molecule has 7 heteroatoms. The molecule has 0 aliphatic carbocycles. The number of halogens is 3. The molecule has 0 unspecified atom stereocenters. The summed E-state index contributed by atoms with van der Waals surface area (Å²) in [6, 6.07) is 9.48. The third-order valence-corrected chi connectivity index (χ3v) is 4.45. The van der Waals surface area contributed by atoms with E-state index in [-0.39, 0.29) is 17.9 Å². The van der Waals surface area contributed by atoms with Gasteiger partial charge >= 0.3 is 0 Å². The van der Waals surface area contributed by atoms with Crippen molar-refractivity contribution in [3.63, 3.8) is 0 Å². The van der Waals surface area contributed by atoms with Crippen LogP contribution in [0.4, 0.5) is 13.2 Å². The lowest BCUT2D eigenvalue weighted by molar-refractivity contribution is 0.0949. The molecule has 3 aromatic rings. The molecule has 128 valence electrons. The number of benzene rings is 2. The van der Waals surface area contributed by atoms with Crippen LogP contribution in [0.3, 0.4) is 0 Å². The average Bonchev–Trinajstić information content (AvgIpc) is 3.07. The fraction of sp³-hybridized carbons (Fsp3) is 0.111. The first kappa shape index (κ1) is 17.2. The zero-order valence-electron chi connectivity index (χ0n) is 12.9. The Kier molecular flexibility index (Phi) is 5.14. The summed E-state index contributed by atoms with van der Waals surface area (Å²) in [5.41, 5.74) is 1.23. The molecule has 0 spiro atoms. The molecule has 1 N–H and O–H groups in total. The predicted octanol–water partition coefficient (Wildman–Crippen LogP) is 4.20. The normalized spacial score (nSPS) is 10.7. The third kappa shape index (κ3) is 4.06. The largest absolute Gasteiger partial charge is 0.352 e. The highest BCUT2D eigenvalue weighted by Gasteiger charge is 2.14. The first-order valence-corrected chi connectivity index (χ1v) is 8.35. The lowest BCUT2D eigenvalue weighted by Gasteiger charge is -2.05. The molecule has 0 aliphatic rings. The number of carbonyl (C=O) groups excluding carboxylic acids is 1. The topological polar surface area (TPSA) is 42.0 Å². The van der Waals surface area contributed by atoms with E-state index in [0.717, 1.165) is 22.3 Å². The van der Waals surface area contributed by atoms with Crippen LogP contribution in [-0.4, -0.2) is 17.4 Å². The summed E-state index contributed by atoms with van der Waals surface area (Å²) in [5, 5.41) is 5.13. The van der Waals surface area contributed by atoms with Crippen LogP contribution in [0.1, 0.15) is 16.1 Å². The molecule has 0 fully saturated rings. The quantitative estimate of drug-likeness (QED) is 0.739. The number of rotatable bonds is 5. The summed E-state index contributed by atoms with van der Waals surface area (Å²) >= 11 is 1.41. The second-order valence-corrected chi connectivity index (χ2v) is 6.12. The van der Waals surface area contributed by atoms with Gasteiger partial charge in [-0.1, -0.05) is 6.07 Å². The summed E-state index contributed by atoms with van der Waals surface area (Å²) in [6.07, 6.45) is 0.445. The summed E-state index contributed by atoms with van der Waals surface area (Å²) < 4.78 is 39.6. The third-order valence-electron chi connectivity index (χ3n) is 3.51. The highest BCUT2D eigenvalue weighted by atomic mass is 32.1. The summed E-state index contributed by atoms with van der Waals surface area (Å²) in [6.45, 7) is 0.237. The summed E-state index contributed by atoms with van der Waals surface area (Å²) in [4.78, 5) is 16.3. The van der Waals surface area contributed by atoms with Crippen molar-refractivity contribution in [2.75, 3.05) is 6.54 Å². The van der Waals surface area contributed by atoms with Crippen molar-refractivity contribution in [1.29, 1.82) is 0 Å². The number of nitrogens with zero attached hydrogens (tertiary/aromatic N) is 1. The maximum Gasteiger partial charge on any atom is 0.254 e. The Hall–Kier alpha value is -2.67. The minimum atomic E-state index is -1.16. The van der Waals surface area contributed by atoms with Gasteiger partial charge in [-0.25, -0.2) is 18.2 Å². The van der Waals surface area contributed by atoms with Crippen molar-refractivity contribution in [2.45, 2.75) is 6.42 Å². The zero-order valence-corrected chi connectivity index (χ0v) is 13.7. The summed E-state index contributed by atoms with van der Waals surface area (Å²) in [5.74, 6) is -3.21. The summed E-state index contributed by atoms with van der Waals surface area (Å²) in [7, 11) is 0. The van der Waals surface area contributed by atoms with Crippen LogP contribution in [0.5, 0.6) is 0 Å². The molecule has 0 aliphatic heterocycles. The van der Waals surface area contributed by atoms with Crippen molar-refractivity contribution in [3.8, 4) is 10.6 Å². The molecule has 1 heterocycles. The van der Waals surface area contributed by atoms with Gasteiger partial charge in [-0.05, 0) is 36.4 Å². The van der Waals surface area contributed by atoms with Gasteiger partial charge in [0.1, 0.15) is 10.8 Å². The van der Waals surface area contributed by atoms with E-state index in [1.54, 1.807) is 12.1 Å². The Morgan fingerprint density at radius 2 is 1.84 bits per heavy atom. The van der Waals surface area contributed by atoms with Gasteiger partial charge in [0.2, 0.25) is 0 Å². The van der Waals surface area contributed by atoms with E-state index in [2.05, 4.69) is 10.3 Å². The maximum atomic E-state index is 13.5. The molecule has 0 saturated carbocycles. The number of nitrogens with one attached hydrogen (secondary N) is 1. The molecule has 0 bridgehead atoms. The van der Waals surface area contributed by atoms with Gasteiger partial charge in [0.15, 0.2) is 11.6 Å². The van der Waals surface area contributed by atoms with Crippen LogP contribution in [0.25, 0.3) is 10.6 Å². The molecule has 0 saturated heterocycles. The minimum Gasteiger partial charge on any atom is -0.352 e. The van der Waals surface area contributed by atoms with Crippen LogP contribution in [0, 0.1) is 17.5 Å². The van der Waals surface area contributed by atoms with Crippen LogP contribution in [0.15, 0.2) is 47.8 Å². The van der Waals surface area contributed by atoms with Crippen LogP contribution in [-0.2, 0) is 6.42 Å². The van der Waals surface area contributed by atoms with Gasteiger partial charge in [0.05, 0.1) is 11.3 Å². The molecular formula is C18H13F3N2OS. The Labute approximate surface area is 146 Å². The molecular weight excluding hydrogens is 349 g/mol. The van der Waals surface area contributed by atoms with E-state index in [9.17, 15) is 18.0 Å². The molecule has 3 rings (SSSR count). The Morgan fingerprint density at radius 3 is 2.60 bits per heavy atom. The zero-order chi connectivity index (χ0) is 17.8.